The first-order chi connectivity index (χ1) is 10.2. The molecule has 5 heteroatoms. The predicted molar refractivity (Wildman–Crippen MR) is 79.4 cm³/mol. The van der Waals surface area contributed by atoms with Gasteiger partial charge in [0.05, 0.1) is 5.69 Å². The van der Waals surface area contributed by atoms with E-state index in [1.165, 1.54) is 30.9 Å². The largest absolute Gasteiger partial charge is 0.399 e. The van der Waals surface area contributed by atoms with Gasteiger partial charge in [0, 0.05) is 29.8 Å². The standard InChI is InChI=1S/C16H15FN4/c17-14-5-4-12(18)6-13(14)15-9-21-8-11(10-2-1-3-10)7-19-16(21)20-15/h4-10H,1-3,18H2. The molecule has 106 valence electrons. The highest BCUT2D eigenvalue weighted by atomic mass is 19.1. The van der Waals surface area contributed by atoms with Crippen LogP contribution >= 0.6 is 0 Å². The molecule has 4 nitrogen and oxygen atoms in total. The van der Waals surface area contributed by atoms with Crippen molar-refractivity contribution >= 4 is 11.5 Å². The molecule has 1 aromatic carbocycles. The van der Waals surface area contributed by atoms with Crippen LogP contribution in [0.5, 0.6) is 0 Å². The third kappa shape index (κ3) is 2.05. The number of hydrogen-bond acceptors (Lipinski definition) is 3. The van der Waals surface area contributed by atoms with Crippen molar-refractivity contribution in [2.24, 2.45) is 0 Å². The van der Waals surface area contributed by atoms with Gasteiger partial charge in [-0.3, -0.25) is 4.40 Å². The SMILES string of the molecule is Nc1ccc(F)c(-c2cn3cc(C4CCC4)cnc3n2)c1. The number of rotatable bonds is 2. The lowest BCUT2D eigenvalue weighted by molar-refractivity contribution is 0.417. The minimum atomic E-state index is -0.327. The Morgan fingerprint density at radius 3 is 2.86 bits per heavy atom. The number of nitrogen functional groups attached to an aromatic ring is 1. The van der Waals surface area contributed by atoms with E-state index in [0.29, 0.717) is 28.6 Å². The normalized spacial score (nSPS) is 15.3. The molecule has 0 radical (unpaired) electrons. The Bertz CT molecular complexity index is 820. The molecule has 0 atom stereocenters. The zero-order valence-electron chi connectivity index (χ0n) is 11.5. The van der Waals surface area contributed by atoms with E-state index in [1.54, 1.807) is 12.1 Å². The van der Waals surface area contributed by atoms with Crippen molar-refractivity contribution in [2.75, 3.05) is 5.73 Å². The molecule has 0 amide bonds. The van der Waals surface area contributed by atoms with Gasteiger partial charge in [0.2, 0.25) is 5.78 Å². The minimum Gasteiger partial charge on any atom is -0.399 e. The summed E-state index contributed by atoms with van der Waals surface area (Å²) >= 11 is 0. The average molecular weight is 282 g/mol. The molecule has 1 fully saturated rings. The summed E-state index contributed by atoms with van der Waals surface area (Å²) in [5, 5.41) is 0. The highest BCUT2D eigenvalue weighted by molar-refractivity contribution is 5.66. The monoisotopic (exact) mass is 282 g/mol. The second kappa shape index (κ2) is 4.55. The zero-order valence-corrected chi connectivity index (χ0v) is 11.5. The van der Waals surface area contributed by atoms with Crippen molar-refractivity contribution in [1.82, 2.24) is 14.4 Å². The number of nitrogens with two attached hydrogens (primary N) is 1. The van der Waals surface area contributed by atoms with E-state index in [2.05, 4.69) is 9.97 Å². The van der Waals surface area contributed by atoms with Crippen molar-refractivity contribution in [3.8, 4) is 11.3 Å². The van der Waals surface area contributed by atoms with Crippen molar-refractivity contribution in [2.45, 2.75) is 25.2 Å². The van der Waals surface area contributed by atoms with E-state index in [0.717, 1.165) is 0 Å². The van der Waals surface area contributed by atoms with Crippen LogP contribution in [0.3, 0.4) is 0 Å². The second-order valence-electron chi connectivity index (χ2n) is 5.59. The van der Waals surface area contributed by atoms with E-state index in [4.69, 9.17) is 5.73 Å². The van der Waals surface area contributed by atoms with Gasteiger partial charge in [-0.2, -0.15) is 0 Å². The van der Waals surface area contributed by atoms with Gasteiger partial charge in [0.15, 0.2) is 0 Å². The van der Waals surface area contributed by atoms with Gasteiger partial charge < -0.3 is 5.73 Å². The first kappa shape index (κ1) is 12.3. The third-order valence-corrected chi connectivity index (χ3v) is 4.17. The predicted octanol–water partition coefficient (Wildman–Crippen LogP) is 3.39. The van der Waals surface area contributed by atoms with Crippen LogP contribution in [0.15, 0.2) is 36.8 Å². The summed E-state index contributed by atoms with van der Waals surface area (Å²) in [6.45, 7) is 0. The molecule has 0 unspecified atom stereocenters. The number of halogens is 1. The summed E-state index contributed by atoms with van der Waals surface area (Å²) in [6.07, 6.45) is 9.46. The maximum atomic E-state index is 13.9. The van der Waals surface area contributed by atoms with Crippen molar-refractivity contribution < 1.29 is 4.39 Å². The molecule has 2 aromatic heterocycles. The molecule has 2 heterocycles. The summed E-state index contributed by atoms with van der Waals surface area (Å²) in [5.41, 5.74) is 8.44. The van der Waals surface area contributed by atoms with Gasteiger partial charge in [-0.25, -0.2) is 14.4 Å². The van der Waals surface area contributed by atoms with E-state index in [-0.39, 0.29) is 5.82 Å². The summed E-state index contributed by atoms with van der Waals surface area (Å²) in [7, 11) is 0. The van der Waals surface area contributed by atoms with E-state index >= 15 is 0 Å². The van der Waals surface area contributed by atoms with Crippen LogP contribution in [0.4, 0.5) is 10.1 Å². The Morgan fingerprint density at radius 1 is 1.24 bits per heavy atom. The topological polar surface area (TPSA) is 56.2 Å². The van der Waals surface area contributed by atoms with Gasteiger partial charge >= 0.3 is 0 Å². The van der Waals surface area contributed by atoms with E-state index in [9.17, 15) is 4.39 Å². The molecule has 1 aliphatic rings. The molecule has 1 aliphatic carbocycles. The molecular weight excluding hydrogens is 267 g/mol. The van der Waals surface area contributed by atoms with Crippen LogP contribution in [0.25, 0.3) is 17.0 Å². The van der Waals surface area contributed by atoms with Crippen molar-refractivity contribution in [3.63, 3.8) is 0 Å². The van der Waals surface area contributed by atoms with Gasteiger partial charge in [-0.15, -0.1) is 0 Å². The fourth-order valence-electron chi connectivity index (χ4n) is 2.72. The fraction of sp³-hybridized carbons (Fsp3) is 0.250. The number of hydrogen-bond donors (Lipinski definition) is 1. The molecular formula is C16H15FN4. The summed E-state index contributed by atoms with van der Waals surface area (Å²) in [5.74, 6) is 0.860. The lowest BCUT2D eigenvalue weighted by Gasteiger charge is -2.25. The molecule has 0 aliphatic heterocycles. The second-order valence-corrected chi connectivity index (χ2v) is 5.59. The number of imidazole rings is 1. The Kier molecular flexibility index (Phi) is 2.67. The van der Waals surface area contributed by atoms with Crippen molar-refractivity contribution in [1.29, 1.82) is 0 Å². The Morgan fingerprint density at radius 2 is 2.10 bits per heavy atom. The van der Waals surface area contributed by atoms with Crippen LogP contribution in [-0.2, 0) is 0 Å². The highest BCUT2D eigenvalue weighted by Gasteiger charge is 2.20. The average Bonchev–Trinajstić information content (AvgIpc) is 2.82. The number of benzene rings is 1. The molecule has 0 saturated heterocycles. The third-order valence-electron chi connectivity index (χ3n) is 4.17. The molecule has 4 rings (SSSR count). The maximum Gasteiger partial charge on any atom is 0.234 e. The Balaban J connectivity index is 1.81. The minimum absolute atomic E-state index is 0.327. The molecule has 21 heavy (non-hydrogen) atoms. The molecule has 0 bridgehead atoms. The van der Waals surface area contributed by atoms with Crippen LogP contribution < -0.4 is 5.73 Å². The number of aromatic nitrogens is 3. The number of fused-ring (bicyclic) bond motifs is 1. The lowest BCUT2D eigenvalue weighted by Crippen LogP contribution is -2.09. The first-order valence-electron chi connectivity index (χ1n) is 7.11. The summed E-state index contributed by atoms with van der Waals surface area (Å²) in [4.78, 5) is 8.77. The van der Waals surface area contributed by atoms with Crippen LogP contribution in [0.1, 0.15) is 30.7 Å². The Hall–Kier alpha value is -2.43. The van der Waals surface area contributed by atoms with Gasteiger partial charge in [-0.1, -0.05) is 6.42 Å². The smallest absolute Gasteiger partial charge is 0.234 e. The fourth-order valence-corrected chi connectivity index (χ4v) is 2.72. The molecule has 0 spiro atoms. The highest BCUT2D eigenvalue weighted by Crippen LogP contribution is 2.36. The number of nitrogens with zero attached hydrogens (tertiary/aromatic N) is 3. The summed E-state index contributed by atoms with van der Waals surface area (Å²) < 4.78 is 15.8. The molecule has 2 N–H and O–H groups in total. The maximum absolute atomic E-state index is 13.9. The molecule has 1 saturated carbocycles. The van der Waals surface area contributed by atoms with Gasteiger partial charge in [-0.05, 0) is 42.5 Å². The van der Waals surface area contributed by atoms with Crippen LogP contribution in [-0.4, -0.2) is 14.4 Å². The lowest BCUT2D eigenvalue weighted by atomic mass is 9.81. The van der Waals surface area contributed by atoms with Crippen molar-refractivity contribution in [3.05, 3.63) is 48.2 Å². The van der Waals surface area contributed by atoms with Crippen LogP contribution in [0.2, 0.25) is 0 Å². The van der Waals surface area contributed by atoms with Gasteiger partial charge in [0.1, 0.15) is 5.82 Å². The summed E-state index contributed by atoms with van der Waals surface area (Å²) in [6, 6.07) is 4.51. The van der Waals surface area contributed by atoms with E-state index < -0.39 is 0 Å². The van der Waals surface area contributed by atoms with E-state index in [1.807, 2.05) is 23.0 Å². The number of anilines is 1. The zero-order chi connectivity index (χ0) is 14.4. The molecule has 3 aromatic rings. The first-order valence-corrected chi connectivity index (χ1v) is 7.11. The quantitative estimate of drug-likeness (QED) is 0.733. The Labute approximate surface area is 121 Å². The van der Waals surface area contributed by atoms with Crippen LogP contribution in [0, 0.1) is 5.82 Å². The van der Waals surface area contributed by atoms with Gasteiger partial charge in [0.25, 0.3) is 0 Å².